The van der Waals surface area contributed by atoms with Crippen LogP contribution >= 0.6 is 11.8 Å². The lowest BCUT2D eigenvalue weighted by atomic mass is 10.2. The number of amides is 3. The first-order valence-corrected chi connectivity index (χ1v) is 7.20. The first-order valence-electron chi connectivity index (χ1n) is 6.05. The number of nitrogens with zero attached hydrogens (tertiary/aromatic N) is 1. The highest BCUT2D eigenvalue weighted by molar-refractivity contribution is 7.99. The Morgan fingerprint density at radius 2 is 2.11 bits per heavy atom. The van der Waals surface area contributed by atoms with E-state index in [9.17, 15) is 14.4 Å². The molecule has 0 saturated carbocycles. The fourth-order valence-electron chi connectivity index (χ4n) is 1.70. The van der Waals surface area contributed by atoms with Gasteiger partial charge in [0, 0.05) is 24.1 Å². The summed E-state index contributed by atoms with van der Waals surface area (Å²) in [5, 5.41) is 13.8. The Morgan fingerprint density at radius 3 is 2.68 bits per heavy atom. The van der Waals surface area contributed by atoms with Crippen LogP contribution in [0, 0.1) is 0 Å². The number of rotatable bonds is 4. The molecule has 0 bridgehead atoms. The van der Waals surface area contributed by atoms with Crippen LogP contribution in [-0.4, -0.2) is 64.6 Å². The standard InChI is InChI=1S/C11H19N3O4S/c1-7(2)12-11(18)13-9(15)5-14-3-4-19-6-8(14)10(16)17/h7-8H,3-6H2,1-2H3,(H,16,17)(H2,12,13,15,18). The van der Waals surface area contributed by atoms with E-state index in [-0.39, 0.29) is 12.6 Å². The zero-order chi connectivity index (χ0) is 14.4. The smallest absolute Gasteiger partial charge is 0.321 e. The Balaban J connectivity index is 2.46. The molecule has 1 atom stereocenters. The number of carbonyl (C=O) groups is 3. The topological polar surface area (TPSA) is 98.7 Å². The molecule has 1 heterocycles. The zero-order valence-corrected chi connectivity index (χ0v) is 11.8. The molecule has 1 rings (SSSR count). The number of carboxylic acids is 1. The van der Waals surface area contributed by atoms with E-state index in [0.29, 0.717) is 12.3 Å². The summed E-state index contributed by atoms with van der Waals surface area (Å²) in [5.41, 5.74) is 0. The number of hydrogen-bond acceptors (Lipinski definition) is 5. The van der Waals surface area contributed by atoms with Gasteiger partial charge in [0.2, 0.25) is 5.91 Å². The molecule has 108 valence electrons. The van der Waals surface area contributed by atoms with Crippen LogP contribution in [0.3, 0.4) is 0 Å². The van der Waals surface area contributed by atoms with Crippen molar-refractivity contribution < 1.29 is 19.5 Å². The van der Waals surface area contributed by atoms with E-state index in [1.54, 1.807) is 30.5 Å². The summed E-state index contributed by atoms with van der Waals surface area (Å²) >= 11 is 1.55. The molecule has 0 radical (unpaired) electrons. The Kier molecular flexibility index (Phi) is 6.10. The van der Waals surface area contributed by atoms with Gasteiger partial charge in [-0.25, -0.2) is 4.79 Å². The van der Waals surface area contributed by atoms with Crippen molar-refractivity contribution in [1.82, 2.24) is 15.5 Å². The van der Waals surface area contributed by atoms with E-state index < -0.39 is 23.9 Å². The van der Waals surface area contributed by atoms with Gasteiger partial charge in [-0.2, -0.15) is 11.8 Å². The molecule has 7 nitrogen and oxygen atoms in total. The minimum absolute atomic E-state index is 0.0639. The van der Waals surface area contributed by atoms with Gasteiger partial charge in [-0.1, -0.05) is 0 Å². The first kappa shape index (κ1) is 15.8. The molecule has 0 aromatic carbocycles. The van der Waals surface area contributed by atoms with Crippen LogP contribution in [0.4, 0.5) is 4.79 Å². The van der Waals surface area contributed by atoms with Gasteiger partial charge in [-0.05, 0) is 13.8 Å². The van der Waals surface area contributed by atoms with Gasteiger partial charge in [0.25, 0.3) is 0 Å². The highest BCUT2D eigenvalue weighted by Gasteiger charge is 2.30. The summed E-state index contributed by atoms with van der Waals surface area (Å²) < 4.78 is 0. The van der Waals surface area contributed by atoms with Gasteiger partial charge in [0.05, 0.1) is 6.54 Å². The summed E-state index contributed by atoms with van der Waals surface area (Å²) in [5.74, 6) is -0.182. The lowest BCUT2D eigenvalue weighted by molar-refractivity contribution is -0.142. The molecule has 1 saturated heterocycles. The molecule has 1 unspecified atom stereocenters. The number of nitrogens with one attached hydrogen (secondary N) is 2. The van der Waals surface area contributed by atoms with E-state index in [0.717, 1.165) is 5.75 Å². The average molecular weight is 289 g/mol. The van der Waals surface area contributed by atoms with Crippen LogP contribution in [-0.2, 0) is 9.59 Å². The number of urea groups is 1. The van der Waals surface area contributed by atoms with E-state index >= 15 is 0 Å². The maximum Gasteiger partial charge on any atom is 0.321 e. The molecule has 19 heavy (non-hydrogen) atoms. The van der Waals surface area contributed by atoms with Gasteiger partial charge < -0.3 is 10.4 Å². The van der Waals surface area contributed by atoms with E-state index in [2.05, 4.69) is 10.6 Å². The van der Waals surface area contributed by atoms with Gasteiger partial charge >= 0.3 is 12.0 Å². The minimum atomic E-state index is -0.938. The highest BCUT2D eigenvalue weighted by Crippen LogP contribution is 2.16. The third kappa shape index (κ3) is 5.48. The largest absolute Gasteiger partial charge is 0.480 e. The van der Waals surface area contributed by atoms with Crippen molar-refractivity contribution in [2.45, 2.75) is 25.9 Å². The average Bonchev–Trinajstić information content (AvgIpc) is 2.27. The summed E-state index contributed by atoms with van der Waals surface area (Å²) in [7, 11) is 0. The Labute approximate surface area is 116 Å². The van der Waals surface area contributed by atoms with Crippen LogP contribution < -0.4 is 10.6 Å². The molecule has 0 aromatic heterocycles. The summed E-state index contributed by atoms with van der Waals surface area (Å²) in [4.78, 5) is 35.6. The fourth-order valence-corrected chi connectivity index (χ4v) is 2.81. The molecule has 1 aliphatic rings. The molecular weight excluding hydrogens is 270 g/mol. The zero-order valence-electron chi connectivity index (χ0n) is 11.0. The van der Waals surface area contributed by atoms with Crippen molar-refractivity contribution in [3.05, 3.63) is 0 Å². The second-order valence-corrected chi connectivity index (χ2v) is 5.73. The number of aliphatic carboxylic acids is 1. The first-order chi connectivity index (χ1) is 8.90. The van der Waals surface area contributed by atoms with Crippen LogP contribution in [0.2, 0.25) is 0 Å². The Morgan fingerprint density at radius 1 is 1.42 bits per heavy atom. The van der Waals surface area contributed by atoms with Gasteiger partial charge in [-0.15, -0.1) is 0 Å². The third-order valence-electron chi connectivity index (χ3n) is 2.54. The SMILES string of the molecule is CC(C)NC(=O)NC(=O)CN1CCSCC1C(=O)O. The summed E-state index contributed by atoms with van der Waals surface area (Å²) in [6.07, 6.45) is 0. The van der Waals surface area contributed by atoms with E-state index in [1.807, 2.05) is 0 Å². The van der Waals surface area contributed by atoms with Crippen molar-refractivity contribution in [3.8, 4) is 0 Å². The Bertz CT molecular complexity index is 362. The van der Waals surface area contributed by atoms with E-state index in [4.69, 9.17) is 5.11 Å². The second-order valence-electron chi connectivity index (χ2n) is 4.58. The molecule has 3 amide bonds. The van der Waals surface area contributed by atoms with Crippen molar-refractivity contribution in [2.24, 2.45) is 0 Å². The second kappa shape index (κ2) is 7.34. The van der Waals surface area contributed by atoms with Crippen LogP contribution in [0.1, 0.15) is 13.8 Å². The minimum Gasteiger partial charge on any atom is -0.480 e. The van der Waals surface area contributed by atoms with Gasteiger partial charge in [-0.3, -0.25) is 19.8 Å². The van der Waals surface area contributed by atoms with Crippen molar-refractivity contribution >= 4 is 29.7 Å². The Hall–Kier alpha value is -1.28. The van der Waals surface area contributed by atoms with Gasteiger partial charge in [0.1, 0.15) is 6.04 Å². The maximum absolute atomic E-state index is 11.7. The van der Waals surface area contributed by atoms with E-state index in [1.165, 1.54) is 0 Å². The molecule has 8 heteroatoms. The molecule has 0 aromatic rings. The predicted octanol–water partition coefficient (Wildman–Crippen LogP) is -0.277. The highest BCUT2D eigenvalue weighted by atomic mass is 32.2. The number of carbonyl (C=O) groups excluding carboxylic acids is 2. The molecule has 3 N–H and O–H groups in total. The normalized spacial score (nSPS) is 20.1. The molecular formula is C11H19N3O4S. The number of thioether (sulfide) groups is 1. The lowest BCUT2D eigenvalue weighted by Gasteiger charge is -2.31. The number of carboxylic acid groups (broad SMARTS) is 1. The predicted molar refractivity (Wildman–Crippen MR) is 72.1 cm³/mol. The maximum atomic E-state index is 11.7. The van der Waals surface area contributed by atoms with Crippen LogP contribution in [0.25, 0.3) is 0 Å². The fraction of sp³-hybridized carbons (Fsp3) is 0.727. The van der Waals surface area contributed by atoms with Crippen LogP contribution in [0.15, 0.2) is 0 Å². The van der Waals surface area contributed by atoms with Crippen molar-refractivity contribution in [3.63, 3.8) is 0 Å². The lowest BCUT2D eigenvalue weighted by Crippen LogP contribution is -2.53. The molecule has 1 aliphatic heterocycles. The number of hydrogen-bond donors (Lipinski definition) is 3. The van der Waals surface area contributed by atoms with Gasteiger partial charge in [0.15, 0.2) is 0 Å². The quantitative estimate of drug-likeness (QED) is 0.658. The monoisotopic (exact) mass is 289 g/mol. The summed E-state index contributed by atoms with van der Waals surface area (Å²) in [6.45, 7) is 4.02. The molecule has 0 spiro atoms. The molecule has 0 aliphatic carbocycles. The van der Waals surface area contributed by atoms with Crippen LogP contribution in [0.5, 0.6) is 0 Å². The third-order valence-corrected chi connectivity index (χ3v) is 3.57. The molecule has 1 fully saturated rings. The number of imide groups is 1. The summed E-state index contributed by atoms with van der Waals surface area (Å²) in [6, 6.07) is -1.29. The van der Waals surface area contributed by atoms with Crippen molar-refractivity contribution in [1.29, 1.82) is 0 Å². The van der Waals surface area contributed by atoms with Crippen molar-refractivity contribution in [2.75, 3.05) is 24.6 Å².